The van der Waals surface area contributed by atoms with Gasteiger partial charge in [-0.1, -0.05) is 12.1 Å². The van der Waals surface area contributed by atoms with Crippen molar-refractivity contribution in [2.75, 3.05) is 0 Å². The summed E-state index contributed by atoms with van der Waals surface area (Å²) in [6, 6.07) is 4.62. The summed E-state index contributed by atoms with van der Waals surface area (Å²) in [5.41, 5.74) is -2.99. The van der Waals surface area contributed by atoms with Gasteiger partial charge in [-0.3, -0.25) is 14.8 Å². The average molecular weight is 441 g/mol. The Morgan fingerprint density at radius 1 is 0.968 bits per heavy atom. The number of rotatable bonds is 4. The number of hydrogen-bond acceptors (Lipinski definition) is 4. The molecule has 0 fully saturated rings. The Bertz CT molecular complexity index is 1080. The van der Waals surface area contributed by atoms with Crippen molar-refractivity contribution in [1.82, 2.24) is 15.3 Å². The summed E-state index contributed by atoms with van der Waals surface area (Å²) in [6.07, 6.45) is -6.28. The molecule has 3 rings (SSSR count). The minimum absolute atomic E-state index is 0.0568. The van der Waals surface area contributed by atoms with Crippen molar-refractivity contribution in [1.29, 1.82) is 0 Å². The van der Waals surface area contributed by atoms with E-state index in [1.54, 1.807) is 0 Å². The van der Waals surface area contributed by atoms with E-state index in [1.165, 1.54) is 0 Å². The van der Waals surface area contributed by atoms with Crippen LogP contribution in [0.5, 0.6) is 5.75 Å². The lowest BCUT2D eigenvalue weighted by Crippen LogP contribution is -2.31. The highest BCUT2D eigenvalue weighted by molar-refractivity contribution is 5.94. The summed E-state index contributed by atoms with van der Waals surface area (Å²) in [4.78, 5) is 19.9. The van der Waals surface area contributed by atoms with E-state index >= 15 is 0 Å². The fourth-order valence-corrected chi connectivity index (χ4v) is 2.83. The Kier molecular flexibility index (Phi) is 5.87. The zero-order chi connectivity index (χ0) is 22.8. The number of aromatic nitrogens is 2. The molecule has 1 atom stereocenters. The minimum Gasteiger partial charge on any atom is -0.506 e. The van der Waals surface area contributed by atoms with Crippen LogP contribution in [0.2, 0.25) is 0 Å². The Hall–Kier alpha value is -3.63. The van der Waals surface area contributed by atoms with E-state index in [2.05, 4.69) is 15.3 Å². The maximum Gasteiger partial charge on any atom is 0.418 e. The Balaban J connectivity index is 2.08. The maximum absolute atomic E-state index is 13.5. The lowest BCUT2D eigenvalue weighted by atomic mass is 9.97. The summed E-state index contributed by atoms with van der Waals surface area (Å²) < 4.78 is 79.2. The minimum atomic E-state index is -4.83. The summed E-state index contributed by atoms with van der Waals surface area (Å²) in [5, 5.41) is 11.8. The van der Waals surface area contributed by atoms with Crippen LogP contribution in [0.1, 0.15) is 38.8 Å². The topological polar surface area (TPSA) is 75.1 Å². The first-order valence-electron chi connectivity index (χ1n) is 8.61. The standard InChI is InChI=1S/C20H13F6N3O2/c21-19(22,23)13-5-3-11(4-6-13)16(17-15(20(24,25)26)2-1-7-28-17)29-18(31)12-8-14(30)10-27-9-12/h1-10,16,30H,(H,29,31). The van der Waals surface area contributed by atoms with Crippen LogP contribution in [0.3, 0.4) is 0 Å². The molecule has 0 aliphatic heterocycles. The highest BCUT2D eigenvalue weighted by Gasteiger charge is 2.37. The van der Waals surface area contributed by atoms with Crippen LogP contribution >= 0.6 is 0 Å². The molecule has 5 nitrogen and oxygen atoms in total. The lowest BCUT2D eigenvalue weighted by molar-refractivity contribution is -0.139. The van der Waals surface area contributed by atoms with Gasteiger partial charge >= 0.3 is 12.4 Å². The smallest absolute Gasteiger partial charge is 0.418 e. The van der Waals surface area contributed by atoms with Gasteiger partial charge in [0.05, 0.1) is 34.6 Å². The van der Waals surface area contributed by atoms with Gasteiger partial charge in [0.2, 0.25) is 0 Å². The summed E-state index contributed by atoms with van der Waals surface area (Å²) >= 11 is 0. The van der Waals surface area contributed by atoms with E-state index in [9.17, 15) is 36.2 Å². The monoisotopic (exact) mass is 441 g/mol. The third-order valence-electron chi connectivity index (χ3n) is 4.25. The number of amides is 1. The molecule has 2 heterocycles. The van der Waals surface area contributed by atoms with Crippen molar-refractivity contribution in [2.24, 2.45) is 0 Å². The largest absolute Gasteiger partial charge is 0.506 e. The van der Waals surface area contributed by atoms with E-state index in [0.29, 0.717) is 12.1 Å². The van der Waals surface area contributed by atoms with E-state index in [1.807, 2.05) is 0 Å². The number of carbonyl (C=O) groups is 1. The highest BCUT2D eigenvalue weighted by atomic mass is 19.4. The summed E-state index contributed by atoms with van der Waals surface area (Å²) in [7, 11) is 0. The van der Waals surface area contributed by atoms with Crippen LogP contribution in [0.15, 0.2) is 61.1 Å². The second-order valence-corrected chi connectivity index (χ2v) is 6.39. The fourth-order valence-electron chi connectivity index (χ4n) is 2.83. The van der Waals surface area contributed by atoms with E-state index in [0.717, 1.165) is 48.9 Å². The van der Waals surface area contributed by atoms with Crippen LogP contribution in [0, 0.1) is 0 Å². The van der Waals surface area contributed by atoms with Crippen molar-refractivity contribution in [2.45, 2.75) is 18.4 Å². The van der Waals surface area contributed by atoms with Crippen LogP contribution in [0.25, 0.3) is 0 Å². The van der Waals surface area contributed by atoms with Gasteiger partial charge in [0.1, 0.15) is 5.75 Å². The molecule has 3 aromatic rings. The zero-order valence-corrected chi connectivity index (χ0v) is 15.4. The number of nitrogens with zero attached hydrogens (tertiary/aromatic N) is 2. The van der Waals surface area contributed by atoms with E-state index < -0.39 is 41.1 Å². The van der Waals surface area contributed by atoms with E-state index in [4.69, 9.17) is 0 Å². The Labute approximate surface area is 171 Å². The number of hydrogen-bond donors (Lipinski definition) is 2. The SMILES string of the molecule is O=C(NC(c1ccc(C(F)(F)F)cc1)c1ncccc1C(F)(F)F)c1cncc(O)c1. The van der Waals surface area contributed by atoms with Crippen molar-refractivity contribution >= 4 is 5.91 Å². The predicted molar refractivity (Wildman–Crippen MR) is 95.9 cm³/mol. The van der Waals surface area contributed by atoms with Gasteiger partial charge in [0, 0.05) is 12.4 Å². The third-order valence-corrected chi connectivity index (χ3v) is 4.25. The number of pyridine rings is 2. The first-order chi connectivity index (χ1) is 14.5. The number of benzene rings is 1. The first-order valence-corrected chi connectivity index (χ1v) is 8.61. The van der Waals surface area contributed by atoms with Gasteiger partial charge in [-0.2, -0.15) is 26.3 Å². The lowest BCUT2D eigenvalue weighted by Gasteiger charge is -2.23. The second-order valence-electron chi connectivity index (χ2n) is 6.39. The number of nitrogens with one attached hydrogen (secondary N) is 1. The molecular weight excluding hydrogens is 428 g/mol. The van der Waals surface area contributed by atoms with Crippen molar-refractivity contribution in [3.63, 3.8) is 0 Å². The molecule has 1 amide bonds. The molecular formula is C20H13F6N3O2. The average Bonchev–Trinajstić information content (AvgIpc) is 2.71. The number of alkyl halides is 6. The first kappa shape index (κ1) is 22.1. The molecule has 2 N–H and O–H groups in total. The molecule has 0 bridgehead atoms. The quantitative estimate of drug-likeness (QED) is 0.574. The van der Waals surface area contributed by atoms with Crippen molar-refractivity contribution in [3.8, 4) is 5.75 Å². The molecule has 162 valence electrons. The van der Waals surface area contributed by atoms with Gasteiger partial charge in [0.15, 0.2) is 0 Å². The second kappa shape index (κ2) is 8.25. The molecule has 31 heavy (non-hydrogen) atoms. The van der Waals surface area contributed by atoms with Gasteiger partial charge in [-0.25, -0.2) is 0 Å². The summed E-state index contributed by atoms with van der Waals surface area (Å²) in [6.45, 7) is 0. The summed E-state index contributed by atoms with van der Waals surface area (Å²) in [5.74, 6) is -1.26. The molecule has 1 unspecified atom stereocenters. The molecule has 0 aliphatic carbocycles. The highest BCUT2D eigenvalue weighted by Crippen LogP contribution is 2.36. The van der Waals surface area contributed by atoms with Crippen LogP contribution in [-0.4, -0.2) is 21.0 Å². The van der Waals surface area contributed by atoms with Gasteiger partial charge in [0.25, 0.3) is 5.91 Å². The van der Waals surface area contributed by atoms with Gasteiger partial charge < -0.3 is 10.4 Å². The van der Waals surface area contributed by atoms with Crippen LogP contribution in [-0.2, 0) is 12.4 Å². The van der Waals surface area contributed by atoms with Crippen molar-refractivity contribution in [3.05, 3.63) is 89.0 Å². The Morgan fingerprint density at radius 2 is 1.65 bits per heavy atom. The molecule has 0 spiro atoms. The number of halogens is 6. The molecule has 0 saturated heterocycles. The number of carbonyl (C=O) groups excluding carboxylic acids is 1. The normalized spacial score (nSPS) is 13.0. The maximum atomic E-state index is 13.5. The molecule has 0 radical (unpaired) electrons. The van der Waals surface area contributed by atoms with Gasteiger partial charge in [-0.05, 0) is 35.9 Å². The molecule has 0 aliphatic rings. The Morgan fingerprint density at radius 3 is 2.23 bits per heavy atom. The zero-order valence-electron chi connectivity index (χ0n) is 15.4. The van der Waals surface area contributed by atoms with Crippen LogP contribution < -0.4 is 5.32 Å². The van der Waals surface area contributed by atoms with Crippen molar-refractivity contribution < 1.29 is 36.2 Å². The number of aromatic hydroxyl groups is 1. The van der Waals surface area contributed by atoms with Gasteiger partial charge in [-0.15, -0.1) is 0 Å². The predicted octanol–water partition coefficient (Wildman–Crippen LogP) is 4.74. The van der Waals surface area contributed by atoms with E-state index in [-0.39, 0.29) is 16.9 Å². The third kappa shape index (κ3) is 5.11. The molecule has 1 aromatic carbocycles. The molecule has 0 saturated carbocycles. The van der Waals surface area contributed by atoms with Crippen LogP contribution in [0.4, 0.5) is 26.3 Å². The fraction of sp³-hybridized carbons (Fsp3) is 0.150. The molecule has 11 heteroatoms. The molecule has 2 aromatic heterocycles.